The van der Waals surface area contributed by atoms with Crippen molar-refractivity contribution in [2.75, 3.05) is 6.79 Å². The molecule has 25 heavy (non-hydrogen) atoms. The summed E-state index contributed by atoms with van der Waals surface area (Å²) in [6.45, 7) is 0.0843. The van der Waals surface area contributed by atoms with E-state index in [9.17, 15) is 22.8 Å². The van der Waals surface area contributed by atoms with Crippen LogP contribution in [0.1, 0.15) is 39.1 Å². The molecule has 2 aromatic rings. The van der Waals surface area contributed by atoms with E-state index in [-0.39, 0.29) is 31.0 Å². The summed E-state index contributed by atoms with van der Waals surface area (Å²) < 4.78 is 48.4. The van der Waals surface area contributed by atoms with Crippen LogP contribution in [0.2, 0.25) is 0 Å². The SMILES string of the molecule is O=C(CCC(=O)c1ccc2c(c1)OCO2)c1cccc(C(F)(F)F)c1. The van der Waals surface area contributed by atoms with Crippen LogP contribution in [0.3, 0.4) is 0 Å². The molecule has 1 aliphatic heterocycles. The molecule has 0 spiro atoms. The maximum absolute atomic E-state index is 12.7. The molecule has 0 fully saturated rings. The fourth-order valence-electron chi connectivity index (χ4n) is 2.45. The maximum atomic E-state index is 12.7. The van der Waals surface area contributed by atoms with Crippen LogP contribution >= 0.6 is 0 Å². The first kappa shape index (κ1) is 17.0. The van der Waals surface area contributed by atoms with Gasteiger partial charge in [0.05, 0.1) is 5.56 Å². The third-order valence-electron chi connectivity index (χ3n) is 3.79. The molecule has 0 saturated carbocycles. The number of benzene rings is 2. The summed E-state index contributed by atoms with van der Waals surface area (Å²) in [6.07, 6.45) is -4.79. The Morgan fingerprint density at radius 3 is 2.20 bits per heavy atom. The lowest BCUT2D eigenvalue weighted by Crippen LogP contribution is -2.09. The lowest BCUT2D eigenvalue weighted by molar-refractivity contribution is -0.137. The van der Waals surface area contributed by atoms with Crippen molar-refractivity contribution in [2.24, 2.45) is 0 Å². The second-order valence-electron chi connectivity index (χ2n) is 5.49. The molecule has 0 saturated heterocycles. The summed E-state index contributed by atoms with van der Waals surface area (Å²) in [4.78, 5) is 24.3. The molecule has 0 radical (unpaired) electrons. The van der Waals surface area contributed by atoms with Crippen LogP contribution in [0.15, 0.2) is 42.5 Å². The van der Waals surface area contributed by atoms with Gasteiger partial charge in [0.1, 0.15) is 0 Å². The van der Waals surface area contributed by atoms with Gasteiger partial charge in [-0.3, -0.25) is 9.59 Å². The fourth-order valence-corrected chi connectivity index (χ4v) is 2.45. The Balaban J connectivity index is 1.65. The number of alkyl halides is 3. The van der Waals surface area contributed by atoms with E-state index in [1.54, 1.807) is 12.1 Å². The van der Waals surface area contributed by atoms with Crippen LogP contribution < -0.4 is 9.47 Å². The number of rotatable bonds is 5. The first-order valence-corrected chi connectivity index (χ1v) is 7.48. The van der Waals surface area contributed by atoms with Crippen molar-refractivity contribution in [1.82, 2.24) is 0 Å². The van der Waals surface area contributed by atoms with Gasteiger partial charge in [-0.25, -0.2) is 0 Å². The third kappa shape index (κ3) is 3.81. The molecule has 1 heterocycles. The van der Waals surface area contributed by atoms with Gasteiger partial charge in [0, 0.05) is 24.0 Å². The van der Waals surface area contributed by atoms with E-state index in [4.69, 9.17) is 9.47 Å². The first-order valence-electron chi connectivity index (χ1n) is 7.48. The van der Waals surface area contributed by atoms with Gasteiger partial charge in [0.15, 0.2) is 23.1 Å². The second kappa shape index (κ2) is 6.58. The van der Waals surface area contributed by atoms with E-state index in [1.165, 1.54) is 18.2 Å². The van der Waals surface area contributed by atoms with Crippen molar-refractivity contribution >= 4 is 11.6 Å². The van der Waals surface area contributed by atoms with Crippen molar-refractivity contribution in [2.45, 2.75) is 19.0 Å². The largest absolute Gasteiger partial charge is 0.454 e. The highest BCUT2D eigenvalue weighted by atomic mass is 19.4. The van der Waals surface area contributed by atoms with Crippen LogP contribution in [0.5, 0.6) is 11.5 Å². The van der Waals surface area contributed by atoms with Gasteiger partial charge in [-0.15, -0.1) is 0 Å². The normalized spacial score (nSPS) is 12.9. The molecule has 7 heteroatoms. The number of hydrogen-bond acceptors (Lipinski definition) is 4. The standard InChI is InChI=1S/C18H13F3O4/c19-18(20,21)13-3-1-2-11(8-13)14(22)5-6-15(23)12-4-7-16-17(9-12)25-10-24-16/h1-4,7-9H,5-6,10H2. The Hall–Kier alpha value is -2.83. The summed E-state index contributed by atoms with van der Waals surface area (Å²) in [7, 11) is 0. The zero-order chi connectivity index (χ0) is 18.0. The molecule has 2 aromatic carbocycles. The number of halogens is 3. The number of Topliss-reactive ketones (excluding diaryl/α,β-unsaturated/α-hetero) is 2. The minimum Gasteiger partial charge on any atom is -0.454 e. The molecule has 0 N–H and O–H groups in total. The topological polar surface area (TPSA) is 52.6 Å². The molecule has 0 amide bonds. The van der Waals surface area contributed by atoms with E-state index in [0.717, 1.165) is 12.1 Å². The number of hydrogen-bond donors (Lipinski definition) is 0. The number of carbonyl (C=O) groups excluding carboxylic acids is 2. The van der Waals surface area contributed by atoms with Crippen LogP contribution in [0.4, 0.5) is 13.2 Å². The summed E-state index contributed by atoms with van der Waals surface area (Å²) in [6, 6.07) is 8.87. The van der Waals surface area contributed by atoms with Gasteiger partial charge < -0.3 is 9.47 Å². The van der Waals surface area contributed by atoms with E-state index >= 15 is 0 Å². The zero-order valence-corrected chi connectivity index (χ0v) is 12.9. The van der Waals surface area contributed by atoms with Crippen LogP contribution in [-0.2, 0) is 6.18 Å². The molecular formula is C18H13F3O4. The Morgan fingerprint density at radius 1 is 0.880 bits per heavy atom. The van der Waals surface area contributed by atoms with Crippen molar-refractivity contribution in [3.8, 4) is 11.5 Å². The molecule has 0 aromatic heterocycles. The Bertz CT molecular complexity index is 827. The van der Waals surface area contributed by atoms with Crippen LogP contribution in [-0.4, -0.2) is 18.4 Å². The van der Waals surface area contributed by atoms with Gasteiger partial charge in [-0.05, 0) is 30.3 Å². The highest BCUT2D eigenvalue weighted by Crippen LogP contribution is 2.33. The molecule has 4 nitrogen and oxygen atoms in total. The quantitative estimate of drug-likeness (QED) is 0.756. The Morgan fingerprint density at radius 2 is 1.52 bits per heavy atom. The summed E-state index contributed by atoms with van der Waals surface area (Å²) in [5.41, 5.74) is -0.588. The minimum absolute atomic E-state index is 0.0617. The van der Waals surface area contributed by atoms with Gasteiger partial charge in [0.25, 0.3) is 0 Å². The van der Waals surface area contributed by atoms with Crippen LogP contribution in [0.25, 0.3) is 0 Å². The average molecular weight is 350 g/mol. The second-order valence-corrected chi connectivity index (χ2v) is 5.49. The zero-order valence-electron chi connectivity index (χ0n) is 12.9. The monoisotopic (exact) mass is 350 g/mol. The summed E-state index contributed by atoms with van der Waals surface area (Å²) in [5, 5.41) is 0. The number of fused-ring (bicyclic) bond motifs is 1. The molecule has 0 bridgehead atoms. The minimum atomic E-state index is -4.52. The molecule has 0 aliphatic carbocycles. The molecule has 1 aliphatic rings. The number of carbonyl (C=O) groups is 2. The van der Waals surface area contributed by atoms with Gasteiger partial charge in [0.2, 0.25) is 6.79 Å². The number of ether oxygens (including phenoxy) is 2. The molecule has 3 rings (SSSR count). The predicted octanol–water partition coefficient (Wildman–Crippen LogP) is 4.28. The van der Waals surface area contributed by atoms with Crippen molar-refractivity contribution in [3.63, 3.8) is 0 Å². The lowest BCUT2D eigenvalue weighted by Gasteiger charge is -2.08. The Labute approximate surface area is 141 Å². The summed E-state index contributed by atoms with van der Waals surface area (Å²) in [5.74, 6) is 0.186. The molecule has 0 unspecified atom stereocenters. The lowest BCUT2D eigenvalue weighted by atomic mass is 10.00. The third-order valence-corrected chi connectivity index (χ3v) is 3.79. The molecular weight excluding hydrogens is 337 g/mol. The fraction of sp³-hybridized carbons (Fsp3) is 0.222. The highest BCUT2D eigenvalue weighted by Gasteiger charge is 2.30. The van der Waals surface area contributed by atoms with E-state index in [2.05, 4.69) is 0 Å². The van der Waals surface area contributed by atoms with E-state index in [1.807, 2.05) is 0 Å². The predicted molar refractivity (Wildman–Crippen MR) is 81.9 cm³/mol. The van der Waals surface area contributed by atoms with Gasteiger partial charge >= 0.3 is 6.18 Å². The van der Waals surface area contributed by atoms with E-state index in [0.29, 0.717) is 17.1 Å². The Kier molecular flexibility index (Phi) is 4.48. The highest BCUT2D eigenvalue weighted by molar-refractivity contribution is 6.02. The van der Waals surface area contributed by atoms with Crippen molar-refractivity contribution in [1.29, 1.82) is 0 Å². The van der Waals surface area contributed by atoms with Crippen molar-refractivity contribution < 1.29 is 32.2 Å². The number of ketones is 2. The first-order chi connectivity index (χ1) is 11.8. The van der Waals surface area contributed by atoms with Gasteiger partial charge in [-0.1, -0.05) is 12.1 Å². The van der Waals surface area contributed by atoms with Crippen LogP contribution in [0, 0.1) is 0 Å². The smallest absolute Gasteiger partial charge is 0.416 e. The molecule has 0 atom stereocenters. The van der Waals surface area contributed by atoms with Crippen molar-refractivity contribution in [3.05, 3.63) is 59.2 Å². The summed E-state index contributed by atoms with van der Waals surface area (Å²) >= 11 is 0. The van der Waals surface area contributed by atoms with E-state index < -0.39 is 17.5 Å². The average Bonchev–Trinajstić information content (AvgIpc) is 3.06. The maximum Gasteiger partial charge on any atom is 0.416 e. The molecule has 130 valence electrons. The van der Waals surface area contributed by atoms with Gasteiger partial charge in [-0.2, -0.15) is 13.2 Å².